The normalized spacial score (nSPS) is 19.8. The Balaban J connectivity index is 1.66. The SMILES string of the molecule is CN1c2ccc(Br)cc2[Si](C)(CCCOCC2CO2)c2cc(Br)ccc21. The summed E-state index contributed by atoms with van der Waals surface area (Å²) in [6.07, 6.45) is 1.43. The summed E-state index contributed by atoms with van der Waals surface area (Å²) in [6.45, 7) is 4.92. The third-order valence-corrected chi connectivity index (χ3v) is 11.0. The van der Waals surface area contributed by atoms with Gasteiger partial charge in [-0.15, -0.1) is 0 Å². The van der Waals surface area contributed by atoms with Gasteiger partial charge in [0.1, 0.15) is 14.2 Å². The number of halogens is 2. The molecular formula is C20H23Br2NO2Si. The smallest absolute Gasteiger partial charge is 0.120 e. The molecule has 2 aromatic carbocycles. The van der Waals surface area contributed by atoms with Gasteiger partial charge in [-0.2, -0.15) is 0 Å². The molecular weight excluding hydrogens is 474 g/mol. The molecule has 1 fully saturated rings. The first-order chi connectivity index (χ1) is 12.5. The van der Waals surface area contributed by atoms with E-state index in [0.717, 1.165) is 35.2 Å². The Hall–Kier alpha value is -0.663. The Kier molecular flexibility index (Phi) is 5.32. The molecule has 4 rings (SSSR count). The molecule has 2 aliphatic heterocycles. The third-order valence-electron chi connectivity index (χ3n) is 5.50. The van der Waals surface area contributed by atoms with Crippen molar-refractivity contribution in [3.8, 4) is 0 Å². The van der Waals surface area contributed by atoms with E-state index in [1.807, 2.05) is 0 Å². The van der Waals surface area contributed by atoms with Crippen LogP contribution in [0.1, 0.15) is 6.42 Å². The van der Waals surface area contributed by atoms with Gasteiger partial charge in [-0.05, 0) is 59.2 Å². The average Bonchev–Trinajstić information content (AvgIpc) is 3.44. The second kappa shape index (κ2) is 7.39. The fraction of sp³-hybridized carbons (Fsp3) is 0.400. The van der Waals surface area contributed by atoms with Crippen molar-refractivity contribution >= 4 is 61.7 Å². The molecule has 3 nitrogen and oxygen atoms in total. The largest absolute Gasteiger partial charge is 0.379 e. The van der Waals surface area contributed by atoms with Gasteiger partial charge >= 0.3 is 0 Å². The van der Waals surface area contributed by atoms with Crippen molar-refractivity contribution in [2.45, 2.75) is 25.1 Å². The second-order valence-corrected chi connectivity index (χ2v) is 13.4. The minimum atomic E-state index is -1.86. The predicted octanol–water partition coefficient (Wildman–Crippen LogP) is 4.29. The second-order valence-electron chi connectivity index (χ2n) is 7.35. The van der Waals surface area contributed by atoms with Crippen LogP contribution in [0.4, 0.5) is 11.4 Å². The summed E-state index contributed by atoms with van der Waals surface area (Å²) in [6, 6.07) is 14.6. The molecule has 0 bridgehead atoms. The number of epoxide rings is 1. The molecule has 2 aromatic rings. The van der Waals surface area contributed by atoms with Crippen LogP contribution in [0.2, 0.25) is 12.6 Å². The summed E-state index contributed by atoms with van der Waals surface area (Å²) in [5, 5.41) is 3.01. The zero-order valence-electron chi connectivity index (χ0n) is 15.1. The van der Waals surface area contributed by atoms with Gasteiger partial charge in [0.15, 0.2) is 0 Å². The first kappa shape index (κ1) is 18.7. The van der Waals surface area contributed by atoms with Crippen molar-refractivity contribution in [1.29, 1.82) is 0 Å². The number of fused-ring (bicyclic) bond motifs is 2. The maximum absolute atomic E-state index is 5.81. The van der Waals surface area contributed by atoms with Crippen molar-refractivity contribution in [1.82, 2.24) is 0 Å². The zero-order chi connectivity index (χ0) is 18.3. The number of hydrogen-bond donors (Lipinski definition) is 0. The Morgan fingerprint density at radius 3 is 2.23 bits per heavy atom. The quantitative estimate of drug-likeness (QED) is 0.339. The van der Waals surface area contributed by atoms with E-state index in [0.29, 0.717) is 6.10 Å². The van der Waals surface area contributed by atoms with Crippen LogP contribution < -0.4 is 15.3 Å². The van der Waals surface area contributed by atoms with Crippen LogP contribution in [0.3, 0.4) is 0 Å². The van der Waals surface area contributed by atoms with E-state index in [1.165, 1.54) is 27.8 Å². The number of rotatable bonds is 6. The van der Waals surface area contributed by atoms with E-state index in [-0.39, 0.29) is 0 Å². The van der Waals surface area contributed by atoms with E-state index in [4.69, 9.17) is 9.47 Å². The van der Waals surface area contributed by atoms with Crippen LogP contribution in [0.15, 0.2) is 45.3 Å². The fourth-order valence-corrected chi connectivity index (χ4v) is 9.34. The standard InChI is InChI=1S/C20H23Br2NO2Si/c1-23-17-6-4-14(21)10-19(17)26(2,9-3-8-24-12-16-13-25-16)20-11-15(22)5-7-18(20)23/h4-7,10-11,16H,3,8-9,12-13H2,1-2H3. The maximum Gasteiger partial charge on any atom is 0.120 e. The van der Waals surface area contributed by atoms with E-state index in [2.05, 4.69) is 86.8 Å². The summed E-state index contributed by atoms with van der Waals surface area (Å²) in [5.74, 6) is 0. The van der Waals surface area contributed by atoms with Crippen LogP contribution in [-0.4, -0.2) is 41.0 Å². The predicted molar refractivity (Wildman–Crippen MR) is 117 cm³/mol. The van der Waals surface area contributed by atoms with E-state index < -0.39 is 8.07 Å². The van der Waals surface area contributed by atoms with Gasteiger partial charge in [-0.25, -0.2) is 0 Å². The molecule has 6 heteroatoms. The van der Waals surface area contributed by atoms with Gasteiger partial charge < -0.3 is 14.4 Å². The van der Waals surface area contributed by atoms with Crippen molar-refractivity contribution in [2.24, 2.45) is 0 Å². The number of hydrogen-bond acceptors (Lipinski definition) is 3. The van der Waals surface area contributed by atoms with Crippen LogP contribution in [0.25, 0.3) is 0 Å². The van der Waals surface area contributed by atoms with E-state index in [9.17, 15) is 0 Å². The molecule has 138 valence electrons. The molecule has 1 atom stereocenters. The van der Waals surface area contributed by atoms with E-state index in [1.54, 1.807) is 0 Å². The average molecular weight is 497 g/mol. The molecule has 2 aliphatic rings. The molecule has 26 heavy (non-hydrogen) atoms. The van der Waals surface area contributed by atoms with Gasteiger partial charge in [-0.3, -0.25) is 0 Å². The van der Waals surface area contributed by atoms with Gasteiger partial charge in [0.2, 0.25) is 0 Å². The highest BCUT2D eigenvalue weighted by Crippen LogP contribution is 2.34. The highest BCUT2D eigenvalue weighted by Gasteiger charge is 2.40. The first-order valence-electron chi connectivity index (χ1n) is 9.02. The molecule has 0 saturated carbocycles. The summed E-state index contributed by atoms with van der Waals surface area (Å²) >= 11 is 7.38. The zero-order valence-corrected chi connectivity index (χ0v) is 19.3. The van der Waals surface area contributed by atoms with Gasteiger partial charge in [0.05, 0.1) is 13.2 Å². The van der Waals surface area contributed by atoms with Crippen molar-refractivity contribution in [3.63, 3.8) is 0 Å². The Labute approximate surface area is 172 Å². The minimum Gasteiger partial charge on any atom is -0.379 e. The maximum atomic E-state index is 5.81. The molecule has 0 amide bonds. The Morgan fingerprint density at radius 1 is 1.12 bits per heavy atom. The van der Waals surface area contributed by atoms with Crippen LogP contribution in [-0.2, 0) is 9.47 Å². The molecule has 2 heterocycles. The number of anilines is 2. The first-order valence-corrected chi connectivity index (χ1v) is 13.3. The molecule has 0 radical (unpaired) electrons. The summed E-state index contributed by atoms with van der Waals surface area (Å²) in [5.41, 5.74) is 2.67. The summed E-state index contributed by atoms with van der Waals surface area (Å²) in [7, 11) is 0.316. The molecule has 0 N–H and O–H groups in total. The van der Waals surface area contributed by atoms with Gasteiger partial charge in [0.25, 0.3) is 0 Å². The monoisotopic (exact) mass is 495 g/mol. The summed E-state index contributed by atoms with van der Waals surface area (Å²) < 4.78 is 13.3. The highest BCUT2D eigenvalue weighted by atomic mass is 79.9. The number of ether oxygens (including phenoxy) is 2. The fourth-order valence-electron chi connectivity index (χ4n) is 3.94. The lowest BCUT2D eigenvalue weighted by Crippen LogP contribution is -2.60. The lowest BCUT2D eigenvalue weighted by molar-refractivity contribution is 0.117. The number of benzene rings is 2. The van der Waals surface area contributed by atoms with Crippen LogP contribution in [0.5, 0.6) is 0 Å². The Morgan fingerprint density at radius 2 is 1.69 bits per heavy atom. The topological polar surface area (TPSA) is 25.0 Å². The van der Waals surface area contributed by atoms with Crippen LogP contribution >= 0.6 is 31.9 Å². The molecule has 1 saturated heterocycles. The lowest BCUT2D eigenvalue weighted by atomic mass is 10.2. The third kappa shape index (κ3) is 3.54. The van der Waals surface area contributed by atoms with Gasteiger partial charge in [-0.1, -0.05) is 38.4 Å². The van der Waals surface area contributed by atoms with E-state index >= 15 is 0 Å². The van der Waals surface area contributed by atoms with Crippen LogP contribution in [0, 0.1) is 0 Å². The molecule has 0 aliphatic carbocycles. The minimum absolute atomic E-state index is 0.347. The van der Waals surface area contributed by atoms with Gasteiger partial charge in [0, 0.05) is 34.0 Å². The highest BCUT2D eigenvalue weighted by molar-refractivity contribution is 9.10. The number of nitrogens with zero attached hydrogens (tertiary/aromatic N) is 1. The molecule has 0 aromatic heterocycles. The molecule has 0 spiro atoms. The van der Waals surface area contributed by atoms with Crippen molar-refractivity contribution in [3.05, 3.63) is 45.3 Å². The Bertz CT molecular complexity index is 772. The lowest BCUT2D eigenvalue weighted by Gasteiger charge is -2.41. The molecule has 1 unspecified atom stereocenters. The summed E-state index contributed by atoms with van der Waals surface area (Å²) in [4.78, 5) is 2.33. The van der Waals surface area contributed by atoms with Crippen molar-refractivity contribution < 1.29 is 9.47 Å². The van der Waals surface area contributed by atoms with Crippen molar-refractivity contribution in [2.75, 3.05) is 31.8 Å².